The first kappa shape index (κ1) is 15.0. The van der Waals surface area contributed by atoms with E-state index in [1.807, 2.05) is 17.3 Å². The van der Waals surface area contributed by atoms with Crippen LogP contribution in [0, 0.1) is 0 Å². The molecule has 0 radical (unpaired) electrons. The van der Waals surface area contributed by atoms with Crippen LogP contribution in [0.3, 0.4) is 0 Å². The first-order valence-corrected chi connectivity index (χ1v) is 7.67. The highest BCUT2D eigenvalue weighted by Gasteiger charge is 2.35. The second-order valence-electron chi connectivity index (χ2n) is 5.90. The number of nitrogens with zero attached hydrogens (tertiary/aromatic N) is 5. The third-order valence-corrected chi connectivity index (χ3v) is 4.45. The number of aromatic amines is 1. The van der Waals surface area contributed by atoms with Crippen LogP contribution in [0.5, 0.6) is 0 Å². The summed E-state index contributed by atoms with van der Waals surface area (Å²) in [4.78, 5) is 6.31. The summed E-state index contributed by atoms with van der Waals surface area (Å²) in [5.74, 6) is 0.960. The minimum atomic E-state index is -4.46. The topological polar surface area (TPSA) is 62.1 Å². The number of fused-ring (bicyclic) bond motifs is 1. The molecule has 0 aromatic carbocycles. The standard InChI is InChI=1S/C15H15F3N6/c16-15(17,18)13-7-12-14(19-3-6-24(12)22-13)23-4-1-10(2-5-23)11-8-20-21-9-11/h3,6-10H,1-2,4-5H2,(H,20,21). The number of piperidine rings is 1. The Morgan fingerprint density at radius 1 is 1.21 bits per heavy atom. The molecule has 0 unspecified atom stereocenters. The molecule has 6 nitrogen and oxygen atoms in total. The van der Waals surface area contributed by atoms with Gasteiger partial charge in [-0.1, -0.05) is 0 Å². The minimum Gasteiger partial charge on any atom is -0.355 e. The molecule has 4 rings (SSSR count). The summed E-state index contributed by atoms with van der Waals surface area (Å²) in [5, 5.41) is 10.4. The monoisotopic (exact) mass is 336 g/mol. The molecule has 1 aliphatic heterocycles. The van der Waals surface area contributed by atoms with Gasteiger partial charge >= 0.3 is 6.18 Å². The highest BCUT2D eigenvalue weighted by Crippen LogP contribution is 2.33. The lowest BCUT2D eigenvalue weighted by molar-refractivity contribution is -0.141. The number of hydrogen-bond acceptors (Lipinski definition) is 4. The average Bonchev–Trinajstić information content (AvgIpc) is 3.23. The van der Waals surface area contributed by atoms with Gasteiger partial charge in [-0.25, -0.2) is 9.50 Å². The first-order chi connectivity index (χ1) is 11.5. The van der Waals surface area contributed by atoms with E-state index < -0.39 is 11.9 Å². The van der Waals surface area contributed by atoms with Gasteiger partial charge in [-0.3, -0.25) is 5.10 Å². The van der Waals surface area contributed by atoms with Crippen LogP contribution >= 0.6 is 0 Å². The molecule has 126 valence electrons. The van der Waals surface area contributed by atoms with Crippen molar-refractivity contribution in [1.82, 2.24) is 24.8 Å². The van der Waals surface area contributed by atoms with Crippen molar-refractivity contribution in [3.63, 3.8) is 0 Å². The van der Waals surface area contributed by atoms with Gasteiger partial charge in [0.2, 0.25) is 0 Å². The van der Waals surface area contributed by atoms with Gasteiger partial charge in [-0.2, -0.15) is 23.4 Å². The van der Waals surface area contributed by atoms with Gasteiger partial charge < -0.3 is 4.90 Å². The Bertz CT molecular complexity index is 831. The number of H-pyrrole nitrogens is 1. The van der Waals surface area contributed by atoms with Crippen molar-refractivity contribution in [1.29, 1.82) is 0 Å². The van der Waals surface area contributed by atoms with Gasteiger partial charge in [-0.05, 0) is 24.3 Å². The van der Waals surface area contributed by atoms with E-state index in [1.54, 1.807) is 0 Å². The molecule has 9 heteroatoms. The highest BCUT2D eigenvalue weighted by molar-refractivity contribution is 5.69. The Labute approximate surface area is 135 Å². The van der Waals surface area contributed by atoms with Gasteiger partial charge in [0.15, 0.2) is 11.5 Å². The fourth-order valence-corrected chi connectivity index (χ4v) is 3.20. The Morgan fingerprint density at radius 2 is 2.00 bits per heavy atom. The van der Waals surface area contributed by atoms with Crippen molar-refractivity contribution in [3.8, 4) is 0 Å². The summed E-state index contributed by atoms with van der Waals surface area (Å²) in [6, 6.07) is 1.06. The van der Waals surface area contributed by atoms with Crippen LogP contribution in [0.1, 0.15) is 30.0 Å². The van der Waals surface area contributed by atoms with Crippen molar-refractivity contribution in [2.24, 2.45) is 0 Å². The van der Waals surface area contributed by atoms with Crippen molar-refractivity contribution in [3.05, 3.63) is 42.1 Å². The number of rotatable bonds is 2. The lowest BCUT2D eigenvalue weighted by atomic mass is 9.91. The highest BCUT2D eigenvalue weighted by atomic mass is 19.4. The lowest BCUT2D eigenvalue weighted by Gasteiger charge is -2.32. The maximum absolute atomic E-state index is 12.9. The molecule has 1 fully saturated rings. The minimum absolute atomic E-state index is 0.381. The quantitative estimate of drug-likeness (QED) is 0.782. The molecular weight excluding hydrogens is 321 g/mol. The molecule has 4 heterocycles. The fourth-order valence-electron chi connectivity index (χ4n) is 3.20. The maximum Gasteiger partial charge on any atom is 0.435 e. The largest absolute Gasteiger partial charge is 0.435 e. The molecule has 0 amide bonds. The van der Waals surface area contributed by atoms with Crippen molar-refractivity contribution < 1.29 is 13.2 Å². The summed E-state index contributed by atoms with van der Waals surface area (Å²) in [7, 11) is 0. The number of alkyl halides is 3. The normalized spacial score (nSPS) is 16.9. The van der Waals surface area contributed by atoms with Gasteiger partial charge in [0, 0.05) is 37.7 Å². The third-order valence-electron chi connectivity index (χ3n) is 4.45. The van der Waals surface area contributed by atoms with E-state index in [2.05, 4.69) is 20.3 Å². The number of halogens is 3. The summed E-state index contributed by atoms with van der Waals surface area (Å²) in [5.41, 5.74) is 0.654. The molecule has 0 atom stereocenters. The van der Waals surface area contributed by atoms with Crippen LogP contribution < -0.4 is 4.90 Å². The number of hydrogen-bond donors (Lipinski definition) is 1. The summed E-state index contributed by atoms with van der Waals surface area (Å²) in [6.45, 7) is 1.46. The predicted molar refractivity (Wildman–Crippen MR) is 80.8 cm³/mol. The SMILES string of the molecule is FC(F)(F)c1cc2c(N3CCC(c4cn[nH]c4)CC3)nccn2n1. The average molecular weight is 336 g/mol. The molecule has 0 bridgehead atoms. The zero-order chi connectivity index (χ0) is 16.7. The summed E-state index contributed by atoms with van der Waals surface area (Å²) in [6.07, 6.45) is 3.99. The van der Waals surface area contributed by atoms with E-state index in [0.717, 1.165) is 32.0 Å². The molecule has 24 heavy (non-hydrogen) atoms. The Hall–Kier alpha value is -2.58. The molecular formula is C15H15F3N6. The van der Waals surface area contributed by atoms with Crippen molar-refractivity contribution >= 4 is 11.3 Å². The number of aromatic nitrogens is 5. The van der Waals surface area contributed by atoms with Crippen molar-refractivity contribution in [2.45, 2.75) is 24.9 Å². The Morgan fingerprint density at radius 3 is 2.67 bits per heavy atom. The Kier molecular flexibility index (Phi) is 3.43. The molecule has 1 N–H and O–H groups in total. The van der Waals surface area contributed by atoms with E-state index in [9.17, 15) is 13.2 Å². The zero-order valence-electron chi connectivity index (χ0n) is 12.7. The van der Waals surface area contributed by atoms with E-state index in [1.165, 1.54) is 22.5 Å². The maximum atomic E-state index is 12.9. The fraction of sp³-hybridized carbons (Fsp3) is 0.400. The molecule has 0 aliphatic carbocycles. The Balaban J connectivity index is 1.60. The van der Waals surface area contributed by atoms with E-state index in [-0.39, 0.29) is 0 Å². The second-order valence-corrected chi connectivity index (χ2v) is 5.90. The first-order valence-electron chi connectivity index (χ1n) is 7.67. The molecule has 0 spiro atoms. The van der Waals surface area contributed by atoms with Crippen LogP contribution in [-0.4, -0.2) is 37.9 Å². The lowest BCUT2D eigenvalue weighted by Crippen LogP contribution is -2.33. The summed E-state index contributed by atoms with van der Waals surface area (Å²) >= 11 is 0. The number of anilines is 1. The zero-order valence-corrected chi connectivity index (χ0v) is 12.7. The van der Waals surface area contributed by atoms with Crippen LogP contribution in [0.25, 0.3) is 5.52 Å². The van der Waals surface area contributed by atoms with E-state index in [0.29, 0.717) is 17.3 Å². The van der Waals surface area contributed by atoms with E-state index in [4.69, 9.17) is 0 Å². The predicted octanol–water partition coefficient (Wildman–Crippen LogP) is 2.86. The third kappa shape index (κ3) is 2.59. The molecule has 3 aromatic rings. The van der Waals surface area contributed by atoms with Crippen LogP contribution in [-0.2, 0) is 6.18 Å². The molecule has 1 aliphatic rings. The summed E-state index contributed by atoms with van der Waals surface area (Å²) < 4.78 is 39.9. The second kappa shape index (κ2) is 5.50. The molecule has 3 aromatic heterocycles. The van der Waals surface area contributed by atoms with Crippen LogP contribution in [0.4, 0.5) is 19.0 Å². The van der Waals surface area contributed by atoms with Crippen molar-refractivity contribution in [2.75, 3.05) is 18.0 Å². The van der Waals surface area contributed by atoms with Gasteiger partial charge in [0.1, 0.15) is 5.52 Å². The number of nitrogens with one attached hydrogen (secondary N) is 1. The van der Waals surface area contributed by atoms with Crippen LogP contribution in [0.2, 0.25) is 0 Å². The van der Waals surface area contributed by atoms with Crippen LogP contribution in [0.15, 0.2) is 30.9 Å². The molecule has 1 saturated heterocycles. The van der Waals surface area contributed by atoms with Gasteiger partial charge in [0.05, 0.1) is 6.20 Å². The van der Waals surface area contributed by atoms with E-state index >= 15 is 0 Å². The van der Waals surface area contributed by atoms with Gasteiger partial charge in [0.25, 0.3) is 0 Å². The smallest absolute Gasteiger partial charge is 0.355 e. The van der Waals surface area contributed by atoms with Gasteiger partial charge in [-0.15, -0.1) is 0 Å². The molecule has 0 saturated carbocycles.